The molecule has 7 heteroatoms. The van der Waals surface area contributed by atoms with Crippen molar-refractivity contribution in [2.75, 3.05) is 11.4 Å². The predicted octanol–water partition coefficient (Wildman–Crippen LogP) is 2.00. The van der Waals surface area contributed by atoms with E-state index in [1.54, 1.807) is 47.6 Å². The highest BCUT2D eigenvalue weighted by atomic mass is 32.2. The standard InChI is InChI=1S/C17H19N3O3S/c1-13-11-15(4-5-16(13)20-10-2-3-17(20)21)24(22,23)19-12-14-6-8-18-9-7-14/h4-9,11,19H,2-3,10,12H2,1H3. The summed E-state index contributed by atoms with van der Waals surface area (Å²) in [7, 11) is -3.61. The Morgan fingerprint density at radius 1 is 1.21 bits per heavy atom. The molecule has 0 aliphatic carbocycles. The second-order valence-corrected chi connectivity index (χ2v) is 7.54. The summed E-state index contributed by atoms with van der Waals surface area (Å²) in [6.07, 6.45) is 4.63. The number of carbonyl (C=O) groups excluding carboxylic acids is 1. The number of hydrogen-bond acceptors (Lipinski definition) is 4. The van der Waals surface area contributed by atoms with Crippen LogP contribution < -0.4 is 9.62 Å². The average molecular weight is 345 g/mol. The maximum atomic E-state index is 12.4. The number of nitrogens with one attached hydrogen (secondary N) is 1. The molecule has 1 aliphatic rings. The third kappa shape index (κ3) is 3.47. The van der Waals surface area contributed by atoms with Gasteiger partial charge in [0.25, 0.3) is 0 Å². The first-order valence-electron chi connectivity index (χ1n) is 7.77. The molecule has 3 rings (SSSR count). The molecule has 1 fully saturated rings. The molecule has 0 saturated carbocycles. The smallest absolute Gasteiger partial charge is 0.240 e. The normalized spacial score (nSPS) is 15.0. The highest BCUT2D eigenvalue weighted by Gasteiger charge is 2.24. The minimum atomic E-state index is -3.61. The van der Waals surface area contributed by atoms with Crippen LogP contribution in [0, 0.1) is 6.92 Å². The van der Waals surface area contributed by atoms with E-state index in [9.17, 15) is 13.2 Å². The predicted molar refractivity (Wildman–Crippen MR) is 91.0 cm³/mol. The Morgan fingerprint density at radius 2 is 1.96 bits per heavy atom. The van der Waals surface area contributed by atoms with Gasteiger partial charge in [0.1, 0.15) is 0 Å². The summed E-state index contributed by atoms with van der Waals surface area (Å²) in [5.74, 6) is 0.0875. The maximum Gasteiger partial charge on any atom is 0.240 e. The van der Waals surface area contributed by atoms with Gasteiger partial charge in [0.15, 0.2) is 0 Å². The molecule has 0 atom stereocenters. The highest BCUT2D eigenvalue weighted by Crippen LogP contribution is 2.27. The largest absolute Gasteiger partial charge is 0.312 e. The van der Waals surface area contributed by atoms with Crippen LogP contribution in [0.3, 0.4) is 0 Å². The number of amides is 1. The van der Waals surface area contributed by atoms with Crippen molar-refractivity contribution in [3.05, 3.63) is 53.9 Å². The van der Waals surface area contributed by atoms with E-state index in [0.717, 1.165) is 23.2 Å². The van der Waals surface area contributed by atoms with Gasteiger partial charge in [0, 0.05) is 37.6 Å². The Hall–Kier alpha value is -2.25. The van der Waals surface area contributed by atoms with Gasteiger partial charge < -0.3 is 4.90 Å². The monoisotopic (exact) mass is 345 g/mol. The molecule has 1 aromatic carbocycles. The van der Waals surface area contributed by atoms with Crippen molar-refractivity contribution in [3.63, 3.8) is 0 Å². The fourth-order valence-corrected chi connectivity index (χ4v) is 3.87. The number of sulfonamides is 1. The van der Waals surface area contributed by atoms with Gasteiger partial charge in [-0.1, -0.05) is 0 Å². The first-order valence-corrected chi connectivity index (χ1v) is 9.25. The second-order valence-electron chi connectivity index (χ2n) is 5.78. The third-order valence-corrected chi connectivity index (χ3v) is 5.46. The molecule has 0 radical (unpaired) electrons. The van der Waals surface area contributed by atoms with Crippen molar-refractivity contribution in [2.24, 2.45) is 0 Å². The van der Waals surface area contributed by atoms with Crippen molar-refractivity contribution < 1.29 is 13.2 Å². The van der Waals surface area contributed by atoms with Gasteiger partial charge in [-0.15, -0.1) is 0 Å². The third-order valence-electron chi connectivity index (χ3n) is 4.06. The van der Waals surface area contributed by atoms with Crippen LogP contribution in [-0.2, 0) is 21.4 Å². The van der Waals surface area contributed by atoms with Gasteiger partial charge in [-0.2, -0.15) is 0 Å². The molecule has 1 saturated heterocycles. The van der Waals surface area contributed by atoms with E-state index in [-0.39, 0.29) is 17.3 Å². The molecule has 0 unspecified atom stereocenters. The summed E-state index contributed by atoms with van der Waals surface area (Å²) in [6.45, 7) is 2.71. The van der Waals surface area contributed by atoms with Crippen molar-refractivity contribution in [1.29, 1.82) is 0 Å². The van der Waals surface area contributed by atoms with Gasteiger partial charge >= 0.3 is 0 Å². The zero-order valence-corrected chi connectivity index (χ0v) is 14.2. The summed E-state index contributed by atoms with van der Waals surface area (Å²) >= 11 is 0. The summed E-state index contributed by atoms with van der Waals surface area (Å²) in [5, 5.41) is 0. The van der Waals surface area contributed by atoms with Gasteiger partial charge in [0.2, 0.25) is 15.9 Å². The quantitative estimate of drug-likeness (QED) is 0.899. The molecule has 1 amide bonds. The Bertz CT molecular complexity index is 851. The van der Waals surface area contributed by atoms with Crippen LogP contribution in [0.5, 0.6) is 0 Å². The topological polar surface area (TPSA) is 79.4 Å². The number of aromatic nitrogens is 1. The molecule has 2 heterocycles. The lowest BCUT2D eigenvalue weighted by atomic mass is 10.2. The minimum absolute atomic E-state index is 0.0875. The molecule has 126 valence electrons. The van der Waals surface area contributed by atoms with E-state index in [2.05, 4.69) is 9.71 Å². The minimum Gasteiger partial charge on any atom is -0.312 e. The summed E-state index contributed by atoms with van der Waals surface area (Å²) < 4.78 is 27.5. The molecular weight excluding hydrogens is 326 g/mol. The van der Waals surface area contributed by atoms with Gasteiger partial charge in [-0.05, 0) is 54.8 Å². The average Bonchev–Trinajstić information content (AvgIpc) is 3.00. The number of anilines is 1. The summed E-state index contributed by atoms with van der Waals surface area (Å²) in [6, 6.07) is 8.38. The van der Waals surface area contributed by atoms with E-state index in [4.69, 9.17) is 0 Å². The van der Waals surface area contributed by atoms with Crippen LogP contribution in [-0.4, -0.2) is 25.9 Å². The van der Waals surface area contributed by atoms with Crippen molar-refractivity contribution in [3.8, 4) is 0 Å². The lowest BCUT2D eigenvalue weighted by Gasteiger charge is -2.19. The lowest BCUT2D eigenvalue weighted by molar-refractivity contribution is -0.117. The fourth-order valence-electron chi connectivity index (χ4n) is 2.76. The summed E-state index contributed by atoms with van der Waals surface area (Å²) in [4.78, 5) is 17.7. The first kappa shape index (κ1) is 16.6. The Balaban J connectivity index is 1.78. The molecule has 6 nitrogen and oxygen atoms in total. The van der Waals surface area contributed by atoms with Crippen LogP contribution in [0.25, 0.3) is 0 Å². The zero-order chi connectivity index (χ0) is 17.2. The second kappa shape index (κ2) is 6.70. The molecule has 24 heavy (non-hydrogen) atoms. The van der Waals surface area contributed by atoms with Crippen molar-refractivity contribution in [2.45, 2.75) is 31.2 Å². The summed E-state index contributed by atoms with van der Waals surface area (Å²) in [5.41, 5.74) is 2.40. The number of aryl methyl sites for hydroxylation is 1. The fraction of sp³-hybridized carbons (Fsp3) is 0.294. The van der Waals surface area contributed by atoms with Gasteiger partial charge in [-0.25, -0.2) is 13.1 Å². The van der Waals surface area contributed by atoms with Crippen LogP contribution in [0.15, 0.2) is 47.6 Å². The van der Waals surface area contributed by atoms with E-state index in [1.807, 2.05) is 6.92 Å². The Kier molecular flexibility index (Phi) is 4.64. The molecular formula is C17H19N3O3S. The number of hydrogen-bond donors (Lipinski definition) is 1. The Morgan fingerprint density at radius 3 is 2.58 bits per heavy atom. The molecule has 1 aromatic heterocycles. The Labute approximate surface area is 141 Å². The number of benzene rings is 1. The molecule has 1 aliphatic heterocycles. The van der Waals surface area contributed by atoms with Gasteiger partial charge in [-0.3, -0.25) is 9.78 Å². The van der Waals surface area contributed by atoms with Crippen LogP contribution in [0.1, 0.15) is 24.0 Å². The number of carbonyl (C=O) groups is 1. The number of nitrogens with zero attached hydrogens (tertiary/aromatic N) is 2. The molecule has 1 N–H and O–H groups in total. The van der Waals surface area contributed by atoms with Crippen molar-refractivity contribution >= 4 is 21.6 Å². The lowest BCUT2D eigenvalue weighted by Crippen LogP contribution is -2.26. The molecule has 0 spiro atoms. The van der Waals surface area contributed by atoms with E-state index in [1.165, 1.54) is 0 Å². The molecule has 0 bridgehead atoms. The van der Waals surface area contributed by atoms with Crippen molar-refractivity contribution in [1.82, 2.24) is 9.71 Å². The van der Waals surface area contributed by atoms with E-state index in [0.29, 0.717) is 13.0 Å². The first-order chi connectivity index (χ1) is 11.5. The van der Waals surface area contributed by atoms with Crippen LogP contribution in [0.4, 0.5) is 5.69 Å². The number of rotatable bonds is 5. The van der Waals surface area contributed by atoms with E-state index >= 15 is 0 Å². The molecule has 2 aromatic rings. The highest BCUT2D eigenvalue weighted by molar-refractivity contribution is 7.89. The van der Waals surface area contributed by atoms with Gasteiger partial charge in [0.05, 0.1) is 4.90 Å². The zero-order valence-electron chi connectivity index (χ0n) is 13.4. The number of pyridine rings is 1. The SMILES string of the molecule is Cc1cc(S(=O)(=O)NCc2ccncc2)ccc1N1CCCC1=O. The van der Waals surface area contributed by atoms with Crippen LogP contribution in [0.2, 0.25) is 0 Å². The van der Waals surface area contributed by atoms with E-state index < -0.39 is 10.0 Å². The van der Waals surface area contributed by atoms with Crippen LogP contribution >= 0.6 is 0 Å². The maximum absolute atomic E-state index is 12.4.